The van der Waals surface area contributed by atoms with Crippen molar-refractivity contribution in [1.82, 2.24) is 19.9 Å². The molecule has 108 heavy (non-hydrogen) atoms. The van der Waals surface area contributed by atoms with Crippen LogP contribution in [0.5, 0.6) is 0 Å². The van der Waals surface area contributed by atoms with Gasteiger partial charge in [0.25, 0.3) is 0 Å². The van der Waals surface area contributed by atoms with Gasteiger partial charge in [-0.25, -0.2) is 19.9 Å². The maximum absolute atomic E-state index is 5.49. The number of benzene rings is 16. The minimum Gasteiger partial charge on any atom is -0.228 e. The molecule has 0 amide bonds. The van der Waals surface area contributed by atoms with E-state index in [1.54, 1.807) is 0 Å². The molecule has 22 rings (SSSR count). The Hall–Kier alpha value is -12.8. The number of aromatic nitrogens is 4. The van der Waals surface area contributed by atoms with Crippen molar-refractivity contribution in [1.29, 1.82) is 0 Å². The predicted octanol–water partition coefficient (Wildman–Crippen LogP) is 28.2. The zero-order valence-electron chi connectivity index (χ0n) is 59.8. The summed E-state index contributed by atoms with van der Waals surface area (Å²) in [6, 6.07) is 121. The van der Waals surface area contributed by atoms with Crippen molar-refractivity contribution in [3.8, 4) is 123 Å². The Morgan fingerprint density at radius 2 is 0.630 bits per heavy atom. The van der Waals surface area contributed by atoms with Crippen molar-refractivity contribution in [2.24, 2.45) is 0 Å². The van der Waals surface area contributed by atoms with Crippen LogP contribution < -0.4 is 0 Å². The molecule has 0 saturated carbocycles. The minimum atomic E-state index is -0.278. The van der Waals surface area contributed by atoms with E-state index in [0.29, 0.717) is 11.6 Å². The zero-order valence-corrected chi connectivity index (χ0v) is 61.4. The molecule has 4 nitrogen and oxygen atoms in total. The van der Waals surface area contributed by atoms with Gasteiger partial charge in [-0.2, -0.15) is 0 Å². The first-order valence-electron chi connectivity index (χ1n) is 37.2. The van der Waals surface area contributed by atoms with Crippen molar-refractivity contribution < 1.29 is 0 Å². The monoisotopic (exact) mass is 1410 g/mol. The van der Waals surface area contributed by atoms with Crippen LogP contribution in [-0.4, -0.2) is 19.9 Å². The van der Waals surface area contributed by atoms with Gasteiger partial charge in [-0.3, -0.25) is 0 Å². The quantitative estimate of drug-likeness (QED) is 0.145. The Bertz CT molecular complexity index is 7240. The number of hydrogen-bond donors (Lipinski definition) is 0. The lowest BCUT2D eigenvalue weighted by atomic mass is 9.80. The molecule has 0 atom stereocenters. The summed E-state index contributed by atoms with van der Waals surface area (Å²) in [7, 11) is 0. The second-order valence-corrected chi connectivity index (χ2v) is 32.4. The summed E-state index contributed by atoms with van der Waals surface area (Å²) in [6.45, 7) is 9.56. The van der Waals surface area contributed by atoms with Gasteiger partial charge >= 0.3 is 0 Å². The Morgan fingerprint density at radius 1 is 0.213 bits per heavy atom. The highest BCUT2D eigenvalue weighted by molar-refractivity contribution is 7.26. The molecule has 0 bridgehead atoms. The van der Waals surface area contributed by atoms with Gasteiger partial charge in [0.15, 0.2) is 11.6 Å². The van der Waals surface area contributed by atoms with E-state index in [9.17, 15) is 0 Å². The Labute approximate surface area is 633 Å². The molecule has 0 fully saturated rings. The maximum atomic E-state index is 5.49. The third-order valence-electron chi connectivity index (χ3n) is 23.5. The first-order chi connectivity index (χ1) is 53.0. The minimum absolute atomic E-state index is 0.113. The average Bonchev–Trinajstić information content (AvgIpc) is 1.54. The molecule has 506 valence electrons. The fraction of sp³-hybridized carbons (Fsp3) is 0.0588. The first-order valence-corrected chi connectivity index (χ1v) is 38.9. The molecule has 2 aliphatic rings. The molecular formula is C102H66N4S2. The summed E-state index contributed by atoms with van der Waals surface area (Å²) in [4.78, 5) is 21.6. The molecule has 0 radical (unpaired) electrons. The van der Waals surface area contributed by atoms with E-state index in [1.807, 2.05) is 28.7 Å². The Kier molecular flexibility index (Phi) is 13.8. The molecular weight excluding hydrogens is 1350 g/mol. The van der Waals surface area contributed by atoms with Crippen LogP contribution in [0.15, 0.2) is 328 Å². The summed E-state index contributed by atoms with van der Waals surface area (Å²) in [5, 5.41) is 14.7. The Morgan fingerprint density at radius 3 is 1.26 bits per heavy atom. The summed E-state index contributed by atoms with van der Waals surface area (Å²) in [5.41, 5.74) is 27.3. The largest absolute Gasteiger partial charge is 0.228 e. The molecule has 2 aliphatic carbocycles. The maximum Gasteiger partial charge on any atom is 0.160 e. The molecule has 0 saturated heterocycles. The summed E-state index contributed by atoms with van der Waals surface area (Å²) >= 11 is 3.69. The highest BCUT2D eigenvalue weighted by atomic mass is 32.1. The lowest BCUT2D eigenvalue weighted by Gasteiger charge is -2.23. The third kappa shape index (κ3) is 9.60. The van der Waals surface area contributed by atoms with Crippen molar-refractivity contribution >= 4 is 106 Å². The van der Waals surface area contributed by atoms with E-state index in [4.69, 9.17) is 19.9 Å². The zero-order chi connectivity index (χ0) is 71.7. The predicted molar refractivity (Wildman–Crippen MR) is 457 cm³/mol. The molecule has 0 unspecified atom stereocenters. The lowest BCUT2D eigenvalue weighted by molar-refractivity contribution is 0.661. The van der Waals surface area contributed by atoms with E-state index >= 15 is 0 Å². The van der Waals surface area contributed by atoms with Crippen molar-refractivity contribution in [3.63, 3.8) is 0 Å². The van der Waals surface area contributed by atoms with Crippen LogP contribution >= 0.6 is 22.7 Å². The fourth-order valence-corrected chi connectivity index (χ4v) is 20.6. The molecule has 0 N–H and O–H groups in total. The van der Waals surface area contributed by atoms with Crippen LogP contribution in [0, 0.1) is 0 Å². The van der Waals surface area contributed by atoms with E-state index in [-0.39, 0.29) is 10.8 Å². The van der Waals surface area contributed by atoms with Crippen LogP contribution in [0.2, 0.25) is 0 Å². The molecule has 0 spiro atoms. The van der Waals surface area contributed by atoms with Crippen LogP contribution in [-0.2, 0) is 10.8 Å². The molecule has 0 aliphatic heterocycles. The van der Waals surface area contributed by atoms with Crippen molar-refractivity contribution in [2.75, 3.05) is 0 Å². The summed E-state index contributed by atoms with van der Waals surface area (Å²) < 4.78 is 4.97. The van der Waals surface area contributed by atoms with Gasteiger partial charge in [-0.05, 0) is 170 Å². The number of hydrogen-bond acceptors (Lipinski definition) is 6. The van der Waals surface area contributed by atoms with Gasteiger partial charge in [-0.1, -0.05) is 307 Å². The second-order valence-electron chi connectivity index (χ2n) is 30.2. The first kappa shape index (κ1) is 62.5. The van der Waals surface area contributed by atoms with Crippen molar-refractivity contribution in [3.05, 3.63) is 350 Å². The molecule has 16 aromatic carbocycles. The topological polar surface area (TPSA) is 51.6 Å². The van der Waals surface area contributed by atoms with Crippen LogP contribution in [0.25, 0.3) is 207 Å². The van der Waals surface area contributed by atoms with E-state index in [0.717, 1.165) is 66.9 Å². The molecule has 4 heterocycles. The molecule has 6 heteroatoms. The Balaban J connectivity index is 0.627. The third-order valence-corrected chi connectivity index (χ3v) is 25.9. The lowest BCUT2D eigenvalue weighted by Crippen LogP contribution is -2.15. The van der Waals surface area contributed by atoms with Gasteiger partial charge < -0.3 is 0 Å². The standard InChI is InChI=1S/C102H66N4S2/c1-101(2)85-49-41-62(52-83(85)96-68-27-12-11-22-59(68)40-51-87(96)101)66-46-48-75(72-31-16-14-29-70(66)72)91-58-92(106-100(105-91)61-25-9-6-10-26-61)81-36-21-35-80-78-43-38-64(54-95(78)108-98(80)81)82-56-88-97(79-34-18-17-32-73(79)82)84-53-63(42-50-86(84)102(88,3)4)67-45-47-74(71-30-15-13-28-69(67)71)90-57-89(103-99(104-90)60-23-7-5-8-24-60)65-39-44-77-76-33-19-20-37-93(76)107-94(77)55-65/h5-58H,1-4H3. The fourth-order valence-electron chi connectivity index (χ4n) is 18.2. The normalized spacial score (nSPS) is 13.3. The van der Waals surface area contributed by atoms with Crippen LogP contribution in [0.1, 0.15) is 49.9 Å². The highest BCUT2D eigenvalue weighted by Gasteiger charge is 2.39. The SMILES string of the molecule is CC1(C)c2ccc(-c3ccc(-c4cc(-c5cccc6c5sc5cc(-c7cc8c(c9ccccc79)-c7cc(-c9ccc(-c%10cc(-c%11ccc%12c(c%11)sc%11ccccc%11%12)nc(-c%11ccccc%11)n%10)c%10ccccc9%10)ccc7C8(C)C)ccc56)nc(-c5ccccc5)n4)c4ccccc34)cc2-c2c1ccc1ccccc21. The second kappa shape index (κ2) is 23.8. The average molecular weight is 1410 g/mol. The van der Waals surface area contributed by atoms with Crippen LogP contribution in [0.3, 0.4) is 0 Å². The van der Waals surface area contributed by atoms with Gasteiger partial charge in [0.2, 0.25) is 0 Å². The van der Waals surface area contributed by atoms with E-state index in [2.05, 4.69) is 349 Å². The van der Waals surface area contributed by atoms with E-state index < -0.39 is 0 Å². The van der Waals surface area contributed by atoms with E-state index in [1.165, 1.54) is 151 Å². The van der Waals surface area contributed by atoms with Gasteiger partial charge in [-0.15, -0.1) is 22.7 Å². The van der Waals surface area contributed by atoms with Gasteiger partial charge in [0, 0.05) is 84.6 Å². The smallest absolute Gasteiger partial charge is 0.160 e. The summed E-state index contributed by atoms with van der Waals surface area (Å²) in [5.74, 6) is 1.40. The van der Waals surface area contributed by atoms with Crippen LogP contribution in [0.4, 0.5) is 0 Å². The van der Waals surface area contributed by atoms with Gasteiger partial charge in [0.1, 0.15) is 0 Å². The summed E-state index contributed by atoms with van der Waals surface area (Å²) in [6.07, 6.45) is 0. The van der Waals surface area contributed by atoms with Gasteiger partial charge in [0.05, 0.1) is 22.8 Å². The number of nitrogens with zero attached hydrogens (tertiary/aromatic N) is 4. The molecule has 20 aromatic rings. The highest BCUT2D eigenvalue weighted by Crippen LogP contribution is 2.57. The number of thiophene rings is 2. The number of fused-ring (bicyclic) bond motifs is 18. The van der Waals surface area contributed by atoms with Crippen molar-refractivity contribution in [2.45, 2.75) is 38.5 Å². The molecule has 4 aromatic heterocycles. The number of rotatable bonds is 9.